The van der Waals surface area contributed by atoms with E-state index >= 15 is 0 Å². The van der Waals surface area contributed by atoms with Crippen LogP contribution in [0.5, 0.6) is 5.75 Å². The first-order chi connectivity index (χ1) is 9.16. The summed E-state index contributed by atoms with van der Waals surface area (Å²) in [5.41, 5.74) is 0.700. The van der Waals surface area contributed by atoms with E-state index < -0.39 is 6.61 Å². The molecule has 1 aromatic heterocycles. The van der Waals surface area contributed by atoms with Crippen LogP contribution in [0.1, 0.15) is 23.5 Å². The third-order valence-corrected chi connectivity index (χ3v) is 3.57. The van der Waals surface area contributed by atoms with Crippen LogP contribution in [0.2, 0.25) is 0 Å². The van der Waals surface area contributed by atoms with Gasteiger partial charge in [0.2, 0.25) is 0 Å². The molecule has 6 heteroatoms. The zero-order valence-electron chi connectivity index (χ0n) is 10.3. The van der Waals surface area contributed by atoms with Gasteiger partial charge in [-0.05, 0) is 13.0 Å². The van der Waals surface area contributed by atoms with Crippen LogP contribution in [0.15, 0.2) is 35.8 Å². The molecule has 102 valence electrons. The lowest BCUT2D eigenvalue weighted by Gasteiger charge is -2.14. The summed E-state index contributed by atoms with van der Waals surface area (Å²) in [6.45, 7) is -0.378. The molecule has 0 bridgehead atoms. The first-order valence-electron chi connectivity index (χ1n) is 5.82. The number of nitrogens with zero attached hydrogens (tertiary/aromatic N) is 1. The Bertz CT molecular complexity index is 505. The average Bonchev–Trinajstić information content (AvgIpc) is 2.90. The maximum atomic E-state index is 12.3. The highest BCUT2D eigenvalue weighted by atomic mass is 32.1. The van der Waals surface area contributed by atoms with Crippen LogP contribution in [0, 0.1) is 0 Å². The summed E-state index contributed by atoms with van der Waals surface area (Å²) in [5.74, 6) is 0.205. The van der Waals surface area contributed by atoms with Crippen LogP contribution >= 0.6 is 11.3 Å². The van der Waals surface area contributed by atoms with Gasteiger partial charge in [-0.25, -0.2) is 4.98 Å². The van der Waals surface area contributed by atoms with Crippen LogP contribution in [0.25, 0.3) is 0 Å². The van der Waals surface area contributed by atoms with Crippen molar-refractivity contribution < 1.29 is 13.5 Å². The van der Waals surface area contributed by atoms with E-state index in [1.807, 2.05) is 12.3 Å². The van der Waals surface area contributed by atoms with Crippen molar-refractivity contribution in [2.75, 3.05) is 0 Å². The summed E-state index contributed by atoms with van der Waals surface area (Å²) in [6.07, 6.45) is 1.74. The second kappa shape index (κ2) is 6.58. The highest BCUT2D eigenvalue weighted by Gasteiger charge is 2.11. The number of alkyl halides is 2. The second-order valence-electron chi connectivity index (χ2n) is 3.96. The van der Waals surface area contributed by atoms with Gasteiger partial charge in [0.05, 0.1) is 6.04 Å². The molecular weight excluding hydrogens is 270 g/mol. The molecule has 0 amide bonds. The largest absolute Gasteiger partial charge is 0.434 e. The number of rotatable bonds is 6. The van der Waals surface area contributed by atoms with Crippen molar-refractivity contribution in [2.24, 2.45) is 0 Å². The molecular formula is C13H14F2N2OS. The van der Waals surface area contributed by atoms with E-state index in [1.165, 1.54) is 6.07 Å². The Morgan fingerprint density at radius 1 is 1.37 bits per heavy atom. The number of ether oxygens (including phenoxy) is 1. The molecule has 1 unspecified atom stereocenters. The molecule has 2 aromatic rings. The van der Waals surface area contributed by atoms with E-state index in [1.54, 1.807) is 35.7 Å². The molecule has 0 saturated carbocycles. The summed E-state index contributed by atoms with van der Waals surface area (Å²) in [7, 11) is 0. The number of halogens is 2. The van der Waals surface area contributed by atoms with Gasteiger partial charge in [-0.1, -0.05) is 18.2 Å². The minimum absolute atomic E-state index is 0.0691. The molecule has 1 heterocycles. The zero-order chi connectivity index (χ0) is 13.7. The van der Waals surface area contributed by atoms with Crippen molar-refractivity contribution in [2.45, 2.75) is 26.1 Å². The minimum Gasteiger partial charge on any atom is -0.434 e. The Kier molecular flexibility index (Phi) is 4.81. The van der Waals surface area contributed by atoms with E-state index in [9.17, 15) is 8.78 Å². The summed E-state index contributed by atoms with van der Waals surface area (Å²) >= 11 is 1.56. The number of aromatic nitrogens is 1. The first kappa shape index (κ1) is 13.9. The Morgan fingerprint density at radius 3 is 2.84 bits per heavy atom. The van der Waals surface area contributed by atoms with E-state index in [2.05, 4.69) is 15.0 Å². The molecule has 19 heavy (non-hydrogen) atoms. The number of hydrogen-bond donors (Lipinski definition) is 1. The van der Waals surface area contributed by atoms with Crippen LogP contribution in [0.4, 0.5) is 8.78 Å². The SMILES string of the molecule is CC(NCc1ccccc1OC(F)F)c1nccs1. The van der Waals surface area contributed by atoms with Gasteiger partial charge in [0.15, 0.2) is 0 Å². The lowest BCUT2D eigenvalue weighted by atomic mass is 10.2. The van der Waals surface area contributed by atoms with Crippen LogP contribution in [-0.4, -0.2) is 11.6 Å². The number of benzene rings is 1. The predicted molar refractivity (Wildman–Crippen MR) is 70.4 cm³/mol. The van der Waals surface area contributed by atoms with Crippen molar-refractivity contribution >= 4 is 11.3 Å². The van der Waals surface area contributed by atoms with Gasteiger partial charge in [-0.15, -0.1) is 11.3 Å². The highest BCUT2D eigenvalue weighted by Crippen LogP contribution is 2.22. The molecule has 3 nitrogen and oxygen atoms in total. The Labute approximate surface area is 114 Å². The Hall–Kier alpha value is -1.53. The standard InChI is InChI=1S/C13H14F2N2OS/c1-9(12-16-6-7-19-12)17-8-10-4-2-3-5-11(10)18-13(14)15/h2-7,9,13,17H,8H2,1H3. The number of thiazole rings is 1. The highest BCUT2D eigenvalue weighted by molar-refractivity contribution is 7.09. The van der Waals surface area contributed by atoms with Crippen LogP contribution < -0.4 is 10.1 Å². The second-order valence-corrected chi connectivity index (χ2v) is 4.89. The first-order valence-corrected chi connectivity index (χ1v) is 6.70. The van der Waals surface area contributed by atoms with Gasteiger partial charge in [-0.3, -0.25) is 0 Å². The molecule has 0 spiro atoms. The summed E-state index contributed by atoms with van der Waals surface area (Å²) in [5, 5.41) is 6.11. The fourth-order valence-electron chi connectivity index (χ4n) is 1.66. The molecule has 0 aliphatic rings. The lowest BCUT2D eigenvalue weighted by molar-refractivity contribution is -0.0505. The number of para-hydroxylation sites is 1. The number of hydrogen-bond acceptors (Lipinski definition) is 4. The predicted octanol–water partition coefficient (Wildman–Crippen LogP) is 3.60. The van der Waals surface area contributed by atoms with Crippen molar-refractivity contribution in [3.8, 4) is 5.75 Å². The minimum atomic E-state index is -2.81. The third-order valence-electron chi connectivity index (χ3n) is 2.61. The van der Waals surface area contributed by atoms with E-state index in [4.69, 9.17) is 0 Å². The van der Waals surface area contributed by atoms with Gasteiger partial charge in [0, 0.05) is 23.7 Å². The van der Waals surface area contributed by atoms with Crippen molar-refractivity contribution in [1.29, 1.82) is 0 Å². The van der Waals surface area contributed by atoms with Crippen molar-refractivity contribution in [3.63, 3.8) is 0 Å². The fourth-order valence-corrected chi connectivity index (χ4v) is 2.33. The zero-order valence-corrected chi connectivity index (χ0v) is 11.2. The van der Waals surface area contributed by atoms with E-state index in [0.717, 1.165) is 5.01 Å². The lowest BCUT2D eigenvalue weighted by Crippen LogP contribution is -2.18. The average molecular weight is 284 g/mol. The van der Waals surface area contributed by atoms with Crippen LogP contribution in [-0.2, 0) is 6.54 Å². The monoisotopic (exact) mass is 284 g/mol. The Balaban J connectivity index is 1.99. The van der Waals surface area contributed by atoms with Crippen molar-refractivity contribution in [1.82, 2.24) is 10.3 Å². The molecule has 1 aromatic carbocycles. The maximum absolute atomic E-state index is 12.3. The normalized spacial score (nSPS) is 12.6. The molecule has 0 aliphatic carbocycles. The van der Waals surface area contributed by atoms with Gasteiger partial charge in [0.1, 0.15) is 10.8 Å². The molecule has 0 fully saturated rings. The van der Waals surface area contributed by atoms with Crippen molar-refractivity contribution in [3.05, 3.63) is 46.4 Å². The summed E-state index contributed by atoms with van der Waals surface area (Å²) in [4.78, 5) is 4.20. The van der Waals surface area contributed by atoms with Gasteiger partial charge in [-0.2, -0.15) is 8.78 Å². The fraction of sp³-hybridized carbons (Fsp3) is 0.308. The molecule has 2 rings (SSSR count). The van der Waals surface area contributed by atoms with E-state index in [0.29, 0.717) is 12.1 Å². The van der Waals surface area contributed by atoms with Gasteiger partial charge < -0.3 is 10.1 Å². The Morgan fingerprint density at radius 2 is 2.16 bits per heavy atom. The topological polar surface area (TPSA) is 34.1 Å². The molecule has 0 aliphatic heterocycles. The third kappa shape index (κ3) is 3.97. The maximum Gasteiger partial charge on any atom is 0.387 e. The smallest absolute Gasteiger partial charge is 0.387 e. The van der Waals surface area contributed by atoms with Gasteiger partial charge >= 0.3 is 6.61 Å². The van der Waals surface area contributed by atoms with E-state index in [-0.39, 0.29) is 11.8 Å². The summed E-state index contributed by atoms with van der Waals surface area (Å²) < 4.78 is 29.0. The number of nitrogens with one attached hydrogen (secondary N) is 1. The molecule has 0 radical (unpaired) electrons. The molecule has 0 saturated heterocycles. The summed E-state index contributed by atoms with van der Waals surface area (Å²) in [6, 6.07) is 6.84. The molecule has 1 N–H and O–H groups in total. The quantitative estimate of drug-likeness (QED) is 0.880. The van der Waals surface area contributed by atoms with Crippen LogP contribution in [0.3, 0.4) is 0 Å². The molecule has 1 atom stereocenters. The van der Waals surface area contributed by atoms with Gasteiger partial charge in [0.25, 0.3) is 0 Å².